The van der Waals surface area contributed by atoms with E-state index in [0.717, 1.165) is 13.1 Å². The van der Waals surface area contributed by atoms with Gasteiger partial charge < -0.3 is 4.98 Å². The van der Waals surface area contributed by atoms with E-state index >= 15 is 0 Å². The van der Waals surface area contributed by atoms with Crippen LogP contribution in [0.2, 0.25) is 0 Å². The first-order chi connectivity index (χ1) is 7.74. The van der Waals surface area contributed by atoms with E-state index in [9.17, 15) is 9.59 Å². The highest BCUT2D eigenvalue weighted by atomic mass is 16.2. The third-order valence-corrected chi connectivity index (χ3v) is 2.91. The summed E-state index contributed by atoms with van der Waals surface area (Å²) in [5, 5.41) is 0. The van der Waals surface area contributed by atoms with E-state index in [2.05, 4.69) is 14.9 Å². The Labute approximate surface area is 93.5 Å². The molecule has 88 valence electrons. The lowest BCUT2D eigenvalue weighted by molar-refractivity contribution is 0.273. The van der Waals surface area contributed by atoms with E-state index in [0.29, 0.717) is 12.2 Å². The van der Waals surface area contributed by atoms with Crippen LogP contribution in [0.1, 0.15) is 31.4 Å². The maximum atomic E-state index is 11.1. The van der Waals surface area contributed by atoms with Gasteiger partial charge in [0.05, 0.1) is 0 Å². The molecule has 1 aliphatic rings. The summed E-state index contributed by atoms with van der Waals surface area (Å²) in [6.45, 7) is 2.77. The van der Waals surface area contributed by atoms with E-state index in [1.807, 2.05) is 0 Å². The molecule has 1 aromatic heterocycles. The molecule has 0 radical (unpaired) electrons. The van der Waals surface area contributed by atoms with Gasteiger partial charge in [0.1, 0.15) is 0 Å². The quantitative estimate of drug-likeness (QED) is 0.764. The molecule has 0 saturated carbocycles. The molecule has 0 atom stereocenters. The Morgan fingerprint density at radius 2 is 1.75 bits per heavy atom. The molecule has 5 nitrogen and oxygen atoms in total. The minimum Gasteiger partial charge on any atom is -0.310 e. The van der Waals surface area contributed by atoms with Gasteiger partial charge >= 0.3 is 5.69 Å². The predicted molar refractivity (Wildman–Crippen MR) is 61.4 cm³/mol. The van der Waals surface area contributed by atoms with E-state index in [-0.39, 0.29) is 5.56 Å². The van der Waals surface area contributed by atoms with Gasteiger partial charge in [-0.05, 0) is 25.9 Å². The summed E-state index contributed by atoms with van der Waals surface area (Å²) in [5.41, 5.74) is -0.0402. The third kappa shape index (κ3) is 3.06. The van der Waals surface area contributed by atoms with Gasteiger partial charge in [-0.25, -0.2) is 4.79 Å². The highest BCUT2D eigenvalue weighted by Crippen LogP contribution is 2.11. The fourth-order valence-corrected chi connectivity index (χ4v) is 2.14. The molecule has 2 rings (SSSR count). The van der Waals surface area contributed by atoms with E-state index in [1.165, 1.54) is 31.7 Å². The summed E-state index contributed by atoms with van der Waals surface area (Å²) in [5.74, 6) is 0. The molecular formula is C11H17N3O2. The SMILES string of the molecule is O=c1cc(CN2CCCCCC2)[nH]c(=O)[nH]1. The Morgan fingerprint density at radius 1 is 1.06 bits per heavy atom. The highest BCUT2D eigenvalue weighted by Gasteiger charge is 2.10. The first kappa shape index (κ1) is 11.1. The minimum atomic E-state index is -0.419. The second-order valence-corrected chi connectivity index (χ2v) is 4.30. The van der Waals surface area contributed by atoms with Crippen molar-refractivity contribution in [1.29, 1.82) is 0 Å². The molecule has 0 aromatic carbocycles. The Bertz CT molecular complexity index is 413. The number of H-pyrrole nitrogens is 2. The van der Waals surface area contributed by atoms with Crippen LogP contribution >= 0.6 is 0 Å². The molecule has 0 aliphatic carbocycles. The molecule has 1 fully saturated rings. The molecule has 0 spiro atoms. The Hall–Kier alpha value is -1.36. The Kier molecular flexibility index (Phi) is 3.56. The number of likely N-dealkylation sites (tertiary alicyclic amines) is 1. The summed E-state index contributed by atoms with van der Waals surface area (Å²) in [6, 6.07) is 1.46. The average molecular weight is 223 g/mol. The van der Waals surface area contributed by atoms with Gasteiger partial charge in [0, 0.05) is 18.3 Å². The molecule has 2 heterocycles. The van der Waals surface area contributed by atoms with Gasteiger partial charge in [0.2, 0.25) is 0 Å². The minimum absolute atomic E-state index is 0.325. The molecule has 2 N–H and O–H groups in total. The van der Waals surface area contributed by atoms with Crippen LogP contribution in [0.5, 0.6) is 0 Å². The predicted octanol–water partition coefficient (Wildman–Crippen LogP) is 0.439. The van der Waals surface area contributed by atoms with Crippen LogP contribution in [0.3, 0.4) is 0 Å². The number of rotatable bonds is 2. The van der Waals surface area contributed by atoms with E-state index in [4.69, 9.17) is 0 Å². The van der Waals surface area contributed by atoms with Crippen molar-refractivity contribution in [3.63, 3.8) is 0 Å². The molecule has 0 bridgehead atoms. The van der Waals surface area contributed by atoms with Crippen LogP contribution in [-0.2, 0) is 6.54 Å². The van der Waals surface area contributed by atoms with E-state index < -0.39 is 5.69 Å². The fourth-order valence-electron chi connectivity index (χ4n) is 2.14. The van der Waals surface area contributed by atoms with E-state index in [1.54, 1.807) is 0 Å². The second kappa shape index (κ2) is 5.12. The summed E-state index contributed by atoms with van der Waals surface area (Å²) in [7, 11) is 0. The lowest BCUT2D eigenvalue weighted by atomic mass is 10.2. The Balaban J connectivity index is 2.07. The maximum absolute atomic E-state index is 11.1. The molecular weight excluding hydrogens is 206 g/mol. The summed E-state index contributed by atoms with van der Waals surface area (Å²) in [6.07, 6.45) is 4.96. The van der Waals surface area contributed by atoms with Crippen LogP contribution in [-0.4, -0.2) is 28.0 Å². The normalized spacial score (nSPS) is 18.2. The van der Waals surface area contributed by atoms with Crippen molar-refractivity contribution in [2.24, 2.45) is 0 Å². The van der Waals surface area contributed by atoms with Crippen molar-refractivity contribution in [1.82, 2.24) is 14.9 Å². The summed E-state index contributed by atoms with van der Waals surface area (Å²) >= 11 is 0. The zero-order chi connectivity index (χ0) is 11.4. The standard InChI is InChI=1S/C11H17N3O2/c15-10-7-9(12-11(16)13-10)8-14-5-3-1-2-4-6-14/h7H,1-6,8H2,(H2,12,13,15,16). The van der Waals surface area contributed by atoms with Crippen molar-refractivity contribution in [3.8, 4) is 0 Å². The number of nitrogens with zero attached hydrogens (tertiary/aromatic N) is 1. The van der Waals surface area contributed by atoms with Gasteiger partial charge in [-0.3, -0.25) is 14.7 Å². The monoisotopic (exact) mass is 223 g/mol. The van der Waals surface area contributed by atoms with Crippen molar-refractivity contribution in [2.45, 2.75) is 32.2 Å². The average Bonchev–Trinajstić information content (AvgIpc) is 2.44. The number of aromatic amines is 2. The van der Waals surface area contributed by atoms with Crippen LogP contribution in [0.25, 0.3) is 0 Å². The van der Waals surface area contributed by atoms with Crippen molar-refractivity contribution in [2.75, 3.05) is 13.1 Å². The zero-order valence-electron chi connectivity index (χ0n) is 9.29. The fraction of sp³-hybridized carbons (Fsp3) is 0.636. The molecule has 0 unspecified atom stereocenters. The molecule has 1 aliphatic heterocycles. The number of hydrogen-bond acceptors (Lipinski definition) is 3. The van der Waals surface area contributed by atoms with Crippen molar-refractivity contribution >= 4 is 0 Å². The van der Waals surface area contributed by atoms with Gasteiger partial charge in [-0.2, -0.15) is 0 Å². The largest absolute Gasteiger partial charge is 0.325 e. The molecule has 5 heteroatoms. The smallest absolute Gasteiger partial charge is 0.310 e. The van der Waals surface area contributed by atoms with Crippen LogP contribution in [0, 0.1) is 0 Å². The van der Waals surface area contributed by atoms with Gasteiger partial charge in [0.15, 0.2) is 0 Å². The third-order valence-electron chi connectivity index (χ3n) is 2.91. The van der Waals surface area contributed by atoms with Crippen LogP contribution in [0.15, 0.2) is 15.7 Å². The lowest BCUT2D eigenvalue weighted by Crippen LogP contribution is -2.29. The first-order valence-corrected chi connectivity index (χ1v) is 5.79. The maximum Gasteiger partial charge on any atom is 0.325 e. The zero-order valence-corrected chi connectivity index (χ0v) is 9.29. The second-order valence-electron chi connectivity index (χ2n) is 4.30. The van der Waals surface area contributed by atoms with Gasteiger partial charge in [-0.15, -0.1) is 0 Å². The highest BCUT2D eigenvalue weighted by molar-refractivity contribution is 4.98. The topological polar surface area (TPSA) is 69.0 Å². The summed E-state index contributed by atoms with van der Waals surface area (Å²) in [4.78, 5) is 29.3. The molecule has 1 aromatic rings. The lowest BCUT2D eigenvalue weighted by Gasteiger charge is -2.18. The number of nitrogens with one attached hydrogen (secondary N) is 2. The molecule has 16 heavy (non-hydrogen) atoms. The van der Waals surface area contributed by atoms with Crippen molar-refractivity contribution in [3.05, 3.63) is 32.6 Å². The molecule has 0 amide bonds. The molecule has 1 saturated heterocycles. The number of hydrogen-bond donors (Lipinski definition) is 2. The van der Waals surface area contributed by atoms with Crippen LogP contribution < -0.4 is 11.2 Å². The summed E-state index contributed by atoms with van der Waals surface area (Å²) < 4.78 is 0. The van der Waals surface area contributed by atoms with Gasteiger partial charge in [-0.1, -0.05) is 12.8 Å². The first-order valence-electron chi connectivity index (χ1n) is 5.79. The van der Waals surface area contributed by atoms with Crippen molar-refractivity contribution < 1.29 is 0 Å². The van der Waals surface area contributed by atoms with Gasteiger partial charge in [0.25, 0.3) is 5.56 Å². The van der Waals surface area contributed by atoms with Crippen LogP contribution in [0.4, 0.5) is 0 Å². The Morgan fingerprint density at radius 3 is 2.38 bits per heavy atom. The number of aromatic nitrogens is 2.